The topological polar surface area (TPSA) is 83.6 Å². The Balaban J connectivity index is 1.80. The average molecular weight is 372 g/mol. The van der Waals surface area contributed by atoms with Crippen molar-refractivity contribution in [2.24, 2.45) is 0 Å². The Morgan fingerprint density at radius 2 is 1.83 bits per heavy atom. The summed E-state index contributed by atoms with van der Waals surface area (Å²) in [5.41, 5.74) is 0.959. The van der Waals surface area contributed by atoms with E-state index < -0.39 is 20.0 Å². The van der Waals surface area contributed by atoms with E-state index in [-0.39, 0.29) is 9.96 Å². The van der Waals surface area contributed by atoms with E-state index in [0.29, 0.717) is 24.3 Å². The summed E-state index contributed by atoms with van der Waals surface area (Å²) in [6.07, 6.45) is 1.50. The number of hydrogen-bond donors (Lipinski definition) is 1. The molecule has 0 aliphatic carbocycles. The zero-order chi connectivity index (χ0) is 16.5. The smallest absolute Gasteiger partial charge is 0.271 e. The summed E-state index contributed by atoms with van der Waals surface area (Å²) in [7, 11) is -6.86. The summed E-state index contributed by atoms with van der Waals surface area (Å²) in [6, 6.07) is 9.59. The van der Waals surface area contributed by atoms with Gasteiger partial charge in [-0.3, -0.25) is 9.03 Å². The van der Waals surface area contributed by atoms with Crippen LogP contribution in [0.2, 0.25) is 0 Å². The van der Waals surface area contributed by atoms with E-state index in [1.165, 1.54) is 10.4 Å². The molecule has 9 heteroatoms. The van der Waals surface area contributed by atoms with E-state index in [1.807, 2.05) is 0 Å². The molecule has 0 unspecified atom stereocenters. The number of anilines is 2. The van der Waals surface area contributed by atoms with Crippen molar-refractivity contribution in [1.82, 2.24) is 0 Å². The summed E-state index contributed by atoms with van der Waals surface area (Å²) >= 11 is 1.14. The maximum atomic E-state index is 12.1. The van der Waals surface area contributed by atoms with Crippen LogP contribution in [-0.4, -0.2) is 29.1 Å². The molecule has 0 amide bonds. The monoisotopic (exact) mass is 372 g/mol. The molecule has 2 heterocycles. The molecule has 1 aliphatic heterocycles. The lowest BCUT2D eigenvalue weighted by atomic mass is 10.2. The van der Waals surface area contributed by atoms with Gasteiger partial charge < -0.3 is 0 Å². The van der Waals surface area contributed by atoms with Crippen molar-refractivity contribution >= 4 is 42.8 Å². The highest BCUT2D eigenvalue weighted by Crippen LogP contribution is 2.26. The van der Waals surface area contributed by atoms with Gasteiger partial charge in [0.1, 0.15) is 4.21 Å². The second kappa shape index (κ2) is 6.14. The fourth-order valence-electron chi connectivity index (χ4n) is 2.40. The molecule has 6 nitrogen and oxygen atoms in total. The fourth-order valence-corrected chi connectivity index (χ4v) is 6.09. The largest absolute Gasteiger partial charge is 0.279 e. The lowest BCUT2D eigenvalue weighted by Crippen LogP contribution is -2.37. The van der Waals surface area contributed by atoms with Crippen molar-refractivity contribution in [2.45, 2.75) is 17.1 Å². The summed E-state index contributed by atoms with van der Waals surface area (Å²) in [5.74, 6) is 0.153. The molecule has 0 spiro atoms. The van der Waals surface area contributed by atoms with Crippen molar-refractivity contribution in [3.63, 3.8) is 0 Å². The molecule has 0 saturated carbocycles. The lowest BCUT2D eigenvalue weighted by Gasteiger charge is -2.28. The third kappa shape index (κ3) is 3.51. The average Bonchev–Trinajstić information content (AvgIpc) is 3.03. The van der Waals surface area contributed by atoms with E-state index in [4.69, 9.17) is 0 Å². The Morgan fingerprint density at radius 1 is 1.09 bits per heavy atom. The molecule has 1 aliphatic rings. The molecular weight excluding hydrogens is 356 g/mol. The Morgan fingerprint density at radius 3 is 2.43 bits per heavy atom. The second-order valence-electron chi connectivity index (χ2n) is 5.18. The van der Waals surface area contributed by atoms with Gasteiger partial charge in [-0.15, -0.1) is 11.3 Å². The first-order chi connectivity index (χ1) is 10.9. The van der Waals surface area contributed by atoms with Crippen LogP contribution < -0.4 is 9.03 Å². The fraction of sp³-hybridized carbons (Fsp3) is 0.286. The van der Waals surface area contributed by atoms with Gasteiger partial charge in [0.15, 0.2) is 0 Å². The molecule has 0 bridgehead atoms. The Bertz CT molecular complexity index is 873. The maximum absolute atomic E-state index is 12.1. The first-order valence-electron chi connectivity index (χ1n) is 7.05. The number of sulfonamides is 2. The number of nitrogens with zero attached hydrogens (tertiary/aromatic N) is 1. The zero-order valence-corrected chi connectivity index (χ0v) is 14.6. The Kier molecular flexibility index (Phi) is 4.35. The number of nitrogens with one attached hydrogen (secondary N) is 1. The minimum Gasteiger partial charge on any atom is -0.279 e. The van der Waals surface area contributed by atoms with Crippen LogP contribution in [0.5, 0.6) is 0 Å². The van der Waals surface area contributed by atoms with Crippen LogP contribution >= 0.6 is 11.3 Å². The highest BCUT2D eigenvalue weighted by Gasteiger charge is 2.26. The van der Waals surface area contributed by atoms with Gasteiger partial charge in [-0.2, -0.15) is 0 Å². The van der Waals surface area contributed by atoms with Crippen molar-refractivity contribution in [3.8, 4) is 0 Å². The number of thiophene rings is 1. The van der Waals surface area contributed by atoms with Gasteiger partial charge in [0.25, 0.3) is 10.0 Å². The molecular formula is C14H16N2O4S3. The van der Waals surface area contributed by atoms with E-state index in [2.05, 4.69) is 4.72 Å². The summed E-state index contributed by atoms with van der Waals surface area (Å²) < 4.78 is 52.5. The lowest BCUT2D eigenvalue weighted by molar-refractivity contribution is 0.574. The van der Waals surface area contributed by atoms with Gasteiger partial charge in [-0.1, -0.05) is 6.07 Å². The van der Waals surface area contributed by atoms with Crippen LogP contribution in [0.25, 0.3) is 0 Å². The van der Waals surface area contributed by atoms with Crippen molar-refractivity contribution in [1.29, 1.82) is 0 Å². The van der Waals surface area contributed by atoms with Crippen LogP contribution in [0.15, 0.2) is 46.0 Å². The van der Waals surface area contributed by atoms with Crippen molar-refractivity contribution in [3.05, 3.63) is 41.8 Å². The van der Waals surface area contributed by atoms with Crippen LogP contribution in [0.1, 0.15) is 12.8 Å². The SMILES string of the molecule is O=S(=O)(Nc1ccc(N2CCCCS2(=O)=O)cc1)c1cccs1. The molecule has 3 rings (SSSR count). The number of rotatable bonds is 4. The van der Waals surface area contributed by atoms with E-state index in [9.17, 15) is 16.8 Å². The molecule has 1 aromatic heterocycles. The summed E-state index contributed by atoms with van der Waals surface area (Å²) in [4.78, 5) is 0. The Hall–Kier alpha value is -1.58. The summed E-state index contributed by atoms with van der Waals surface area (Å²) in [5, 5.41) is 1.69. The second-order valence-corrected chi connectivity index (χ2v) is 10.0. The highest BCUT2D eigenvalue weighted by atomic mass is 32.2. The van der Waals surface area contributed by atoms with Gasteiger partial charge in [-0.05, 0) is 48.6 Å². The minimum absolute atomic E-state index is 0.153. The zero-order valence-electron chi connectivity index (χ0n) is 12.2. The predicted molar refractivity (Wildman–Crippen MR) is 91.9 cm³/mol. The van der Waals surface area contributed by atoms with Crippen molar-refractivity contribution < 1.29 is 16.8 Å². The van der Waals surface area contributed by atoms with Crippen molar-refractivity contribution in [2.75, 3.05) is 21.3 Å². The molecule has 23 heavy (non-hydrogen) atoms. The minimum atomic E-state index is -3.59. The Labute approximate surface area is 139 Å². The molecule has 1 saturated heterocycles. The standard InChI is InChI=1S/C14H16N2O4S3/c17-22(18)11-2-1-9-16(22)13-7-5-12(6-8-13)15-23(19,20)14-4-3-10-21-14/h3-8,10,15H,1-2,9,11H2. The van der Waals surface area contributed by atoms with Crippen LogP contribution in [0.4, 0.5) is 11.4 Å². The molecule has 0 atom stereocenters. The molecule has 1 fully saturated rings. The quantitative estimate of drug-likeness (QED) is 0.894. The first kappa shape index (κ1) is 16.3. The summed E-state index contributed by atoms with van der Waals surface area (Å²) in [6.45, 7) is 0.461. The van der Waals surface area contributed by atoms with Crippen LogP contribution in [0, 0.1) is 0 Å². The number of hydrogen-bond acceptors (Lipinski definition) is 5. The molecule has 2 aromatic rings. The molecule has 124 valence electrons. The van der Waals surface area contributed by atoms with Gasteiger partial charge >= 0.3 is 0 Å². The third-order valence-electron chi connectivity index (χ3n) is 3.52. The molecule has 0 radical (unpaired) electrons. The van der Waals surface area contributed by atoms with Gasteiger partial charge in [0.05, 0.1) is 11.4 Å². The third-order valence-corrected chi connectivity index (χ3v) is 8.17. The highest BCUT2D eigenvalue weighted by molar-refractivity contribution is 7.94. The van der Waals surface area contributed by atoms with E-state index >= 15 is 0 Å². The van der Waals surface area contributed by atoms with Gasteiger partial charge in [0.2, 0.25) is 10.0 Å². The predicted octanol–water partition coefficient (Wildman–Crippen LogP) is 2.48. The van der Waals surface area contributed by atoms with Gasteiger partial charge in [0, 0.05) is 12.2 Å². The normalized spacial score (nSPS) is 17.8. The maximum Gasteiger partial charge on any atom is 0.271 e. The van der Waals surface area contributed by atoms with E-state index in [0.717, 1.165) is 17.8 Å². The van der Waals surface area contributed by atoms with Gasteiger partial charge in [-0.25, -0.2) is 16.8 Å². The van der Waals surface area contributed by atoms with E-state index in [1.54, 1.807) is 35.7 Å². The first-order valence-corrected chi connectivity index (χ1v) is 11.0. The van der Waals surface area contributed by atoms with Crippen LogP contribution in [-0.2, 0) is 20.0 Å². The molecule has 1 N–H and O–H groups in total. The van der Waals surface area contributed by atoms with Crippen LogP contribution in [0.3, 0.4) is 0 Å². The number of benzene rings is 1. The molecule has 1 aromatic carbocycles.